The third-order valence-corrected chi connectivity index (χ3v) is 3.28. The standard InChI is InChI=1S/C14H20N2O3/c1-19-9-13(8-17)16-14(18)11-3-2-10-4-5-15-7-12(10)6-11/h2-3,6,13,15,17H,4-5,7-9H2,1H3,(H,16,18). The van der Waals surface area contributed by atoms with Crippen LogP contribution in [0.1, 0.15) is 21.5 Å². The summed E-state index contributed by atoms with van der Waals surface area (Å²) < 4.78 is 4.94. The molecular formula is C14H20N2O3. The van der Waals surface area contributed by atoms with Gasteiger partial charge in [-0.15, -0.1) is 0 Å². The molecule has 19 heavy (non-hydrogen) atoms. The maximum atomic E-state index is 12.1. The maximum Gasteiger partial charge on any atom is 0.251 e. The van der Waals surface area contributed by atoms with E-state index in [0.29, 0.717) is 12.2 Å². The molecule has 2 rings (SSSR count). The van der Waals surface area contributed by atoms with Gasteiger partial charge in [-0.2, -0.15) is 0 Å². The lowest BCUT2D eigenvalue weighted by molar-refractivity contribution is 0.0839. The van der Waals surface area contributed by atoms with E-state index in [1.807, 2.05) is 18.2 Å². The van der Waals surface area contributed by atoms with Crippen LogP contribution < -0.4 is 10.6 Å². The Hall–Kier alpha value is -1.43. The number of nitrogens with one attached hydrogen (secondary N) is 2. The quantitative estimate of drug-likeness (QED) is 0.704. The van der Waals surface area contributed by atoms with Gasteiger partial charge in [-0.3, -0.25) is 4.79 Å². The molecule has 0 spiro atoms. The molecule has 0 saturated heterocycles. The van der Waals surface area contributed by atoms with Crippen LogP contribution in [0.5, 0.6) is 0 Å². The fourth-order valence-electron chi connectivity index (χ4n) is 2.23. The molecule has 1 heterocycles. The molecule has 3 N–H and O–H groups in total. The molecule has 104 valence electrons. The molecule has 1 aromatic rings. The van der Waals surface area contributed by atoms with Crippen molar-refractivity contribution in [3.63, 3.8) is 0 Å². The van der Waals surface area contributed by atoms with E-state index in [1.165, 1.54) is 11.1 Å². The summed E-state index contributed by atoms with van der Waals surface area (Å²) in [6.45, 7) is 1.96. The van der Waals surface area contributed by atoms with Crippen LogP contribution in [0.3, 0.4) is 0 Å². The molecule has 1 aliphatic rings. The number of aliphatic hydroxyl groups excluding tert-OH is 1. The van der Waals surface area contributed by atoms with Gasteiger partial charge in [0.25, 0.3) is 5.91 Å². The van der Waals surface area contributed by atoms with Crippen molar-refractivity contribution in [3.8, 4) is 0 Å². The number of methoxy groups -OCH3 is 1. The Morgan fingerprint density at radius 1 is 1.53 bits per heavy atom. The van der Waals surface area contributed by atoms with Gasteiger partial charge in [-0.05, 0) is 36.2 Å². The third-order valence-electron chi connectivity index (χ3n) is 3.28. The van der Waals surface area contributed by atoms with Crippen LogP contribution in [0.2, 0.25) is 0 Å². The SMILES string of the molecule is COCC(CO)NC(=O)c1ccc2c(c1)CNCC2. The number of carbonyl (C=O) groups is 1. The zero-order valence-corrected chi connectivity index (χ0v) is 11.1. The number of fused-ring (bicyclic) bond motifs is 1. The summed E-state index contributed by atoms with van der Waals surface area (Å²) in [7, 11) is 1.54. The highest BCUT2D eigenvalue weighted by Crippen LogP contribution is 2.15. The first-order valence-corrected chi connectivity index (χ1v) is 6.47. The van der Waals surface area contributed by atoms with Crippen molar-refractivity contribution in [2.45, 2.75) is 19.0 Å². The summed E-state index contributed by atoms with van der Waals surface area (Å²) in [6.07, 6.45) is 1.00. The summed E-state index contributed by atoms with van der Waals surface area (Å²) in [4.78, 5) is 12.1. The molecule has 1 amide bonds. The van der Waals surface area contributed by atoms with Crippen molar-refractivity contribution in [1.82, 2.24) is 10.6 Å². The van der Waals surface area contributed by atoms with Crippen molar-refractivity contribution in [2.24, 2.45) is 0 Å². The summed E-state index contributed by atoms with van der Waals surface area (Å²) >= 11 is 0. The fourth-order valence-corrected chi connectivity index (χ4v) is 2.23. The Balaban J connectivity index is 2.06. The molecule has 0 aromatic heterocycles. The lowest BCUT2D eigenvalue weighted by Crippen LogP contribution is -2.40. The Kier molecular flexibility index (Phi) is 4.90. The normalized spacial score (nSPS) is 15.7. The largest absolute Gasteiger partial charge is 0.394 e. The van der Waals surface area contributed by atoms with E-state index in [4.69, 9.17) is 9.84 Å². The Morgan fingerprint density at radius 2 is 2.37 bits per heavy atom. The number of hydrogen-bond donors (Lipinski definition) is 3. The van der Waals surface area contributed by atoms with Gasteiger partial charge < -0.3 is 20.5 Å². The first-order valence-electron chi connectivity index (χ1n) is 6.47. The molecule has 0 bridgehead atoms. The topological polar surface area (TPSA) is 70.6 Å². The van der Waals surface area contributed by atoms with E-state index in [9.17, 15) is 4.79 Å². The number of carbonyl (C=O) groups excluding carboxylic acids is 1. The predicted octanol–water partition coefficient (Wildman–Crippen LogP) is 0.0694. The van der Waals surface area contributed by atoms with E-state index in [1.54, 1.807) is 7.11 Å². The highest BCUT2D eigenvalue weighted by Gasteiger charge is 2.15. The smallest absolute Gasteiger partial charge is 0.251 e. The summed E-state index contributed by atoms with van der Waals surface area (Å²) in [6, 6.07) is 5.39. The fraction of sp³-hybridized carbons (Fsp3) is 0.500. The molecular weight excluding hydrogens is 244 g/mol. The number of ether oxygens (including phenoxy) is 1. The first kappa shape index (κ1) is 14.0. The van der Waals surface area contributed by atoms with Crippen molar-refractivity contribution in [1.29, 1.82) is 0 Å². The van der Waals surface area contributed by atoms with Gasteiger partial charge in [-0.1, -0.05) is 6.07 Å². The molecule has 5 nitrogen and oxygen atoms in total. The molecule has 0 saturated carbocycles. The lowest BCUT2D eigenvalue weighted by atomic mass is 9.98. The Morgan fingerprint density at radius 3 is 3.11 bits per heavy atom. The van der Waals surface area contributed by atoms with Crippen molar-refractivity contribution in [3.05, 3.63) is 34.9 Å². The average molecular weight is 264 g/mol. The highest BCUT2D eigenvalue weighted by molar-refractivity contribution is 5.94. The van der Waals surface area contributed by atoms with Gasteiger partial charge >= 0.3 is 0 Å². The Bertz CT molecular complexity index is 448. The first-order chi connectivity index (χ1) is 9.24. The molecule has 5 heteroatoms. The van der Waals surface area contributed by atoms with Crippen LogP contribution in [0.15, 0.2) is 18.2 Å². The minimum atomic E-state index is -0.369. The summed E-state index contributed by atoms with van der Waals surface area (Å²) in [5.74, 6) is -0.176. The second-order valence-corrected chi connectivity index (χ2v) is 4.72. The number of amides is 1. The monoisotopic (exact) mass is 264 g/mol. The number of hydrogen-bond acceptors (Lipinski definition) is 4. The van der Waals surface area contributed by atoms with Gasteiger partial charge in [0, 0.05) is 19.2 Å². The molecule has 1 aliphatic heterocycles. The Labute approximate surface area is 113 Å². The summed E-state index contributed by atoms with van der Waals surface area (Å²) in [5, 5.41) is 15.2. The van der Waals surface area contributed by atoms with Crippen LogP contribution in [0, 0.1) is 0 Å². The van der Waals surface area contributed by atoms with E-state index < -0.39 is 0 Å². The molecule has 1 atom stereocenters. The third kappa shape index (κ3) is 3.53. The second kappa shape index (κ2) is 6.65. The zero-order chi connectivity index (χ0) is 13.7. The number of benzene rings is 1. The molecule has 1 aromatic carbocycles. The van der Waals surface area contributed by atoms with Crippen LogP contribution >= 0.6 is 0 Å². The van der Waals surface area contributed by atoms with Crippen LogP contribution in [-0.2, 0) is 17.7 Å². The van der Waals surface area contributed by atoms with Gasteiger partial charge in [-0.25, -0.2) is 0 Å². The van der Waals surface area contributed by atoms with E-state index in [0.717, 1.165) is 19.5 Å². The average Bonchev–Trinajstić information content (AvgIpc) is 2.46. The second-order valence-electron chi connectivity index (χ2n) is 4.72. The maximum absolute atomic E-state index is 12.1. The minimum Gasteiger partial charge on any atom is -0.394 e. The van der Waals surface area contributed by atoms with E-state index >= 15 is 0 Å². The lowest BCUT2D eigenvalue weighted by Gasteiger charge is -2.19. The van der Waals surface area contributed by atoms with E-state index in [2.05, 4.69) is 10.6 Å². The van der Waals surface area contributed by atoms with Gasteiger partial charge in [0.05, 0.1) is 19.3 Å². The van der Waals surface area contributed by atoms with Crippen molar-refractivity contribution in [2.75, 3.05) is 26.9 Å². The van der Waals surface area contributed by atoms with Crippen LogP contribution in [-0.4, -0.2) is 43.9 Å². The van der Waals surface area contributed by atoms with Gasteiger partial charge in [0.15, 0.2) is 0 Å². The minimum absolute atomic E-state index is 0.133. The van der Waals surface area contributed by atoms with Gasteiger partial charge in [0.2, 0.25) is 0 Å². The van der Waals surface area contributed by atoms with Crippen LogP contribution in [0.25, 0.3) is 0 Å². The van der Waals surface area contributed by atoms with Crippen LogP contribution in [0.4, 0.5) is 0 Å². The highest BCUT2D eigenvalue weighted by atomic mass is 16.5. The van der Waals surface area contributed by atoms with Crippen molar-refractivity contribution < 1.29 is 14.6 Å². The van der Waals surface area contributed by atoms with Gasteiger partial charge in [0.1, 0.15) is 0 Å². The summed E-state index contributed by atoms with van der Waals surface area (Å²) in [5.41, 5.74) is 3.09. The zero-order valence-electron chi connectivity index (χ0n) is 11.1. The molecule has 0 radical (unpaired) electrons. The molecule has 1 unspecified atom stereocenters. The number of rotatable bonds is 5. The molecule has 0 aliphatic carbocycles. The number of aliphatic hydroxyl groups is 1. The predicted molar refractivity (Wildman–Crippen MR) is 72.1 cm³/mol. The van der Waals surface area contributed by atoms with Crippen molar-refractivity contribution >= 4 is 5.91 Å². The van der Waals surface area contributed by atoms with E-state index in [-0.39, 0.29) is 18.6 Å². The molecule has 0 fully saturated rings.